The topological polar surface area (TPSA) is 69.0 Å². The number of rotatable bonds is 8. The van der Waals surface area contributed by atoms with Crippen LogP contribution in [0.4, 0.5) is 5.69 Å². The molecule has 5 rings (SSSR count). The van der Waals surface area contributed by atoms with Crippen LogP contribution in [0.1, 0.15) is 33.3 Å². The zero-order chi connectivity index (χ0) is 27.4. The molecule has 1 amide bonds. The minimum atomic E-state index is -0.103. The number of carbonyl (C=O) groups is 1. The molecule has 0 unspecified atom stereocenters. The Labute approximate surface area is 233 Å². The predicted molar refractivity (Wildman–Crippen MR) is 160 cm³/mol. The Bertz CT molecular complexity index is 1580. The first-order valence-corrected chi connectivity index (χ1v) is 14.0. The third-order valence-electron chi connectivity index (χ3n) is 6.44. The summed E-state index contributed by atoms with van der Waals surface area (Å²) in [7, 11) is 0. The Morgan fingerprint density at radius 1 is 0.897 bits per heavy atom. The van der Waals surface area contributed by atoms with Gasteiger partial charge >= 0.3 is 0 Å². The van der Waals surface area contributed by atoms with Crippen molar-refractivity contribution in [3.63, 3.8) is 0 Å². The number of nitrogens with one attached hydrogen (secondary N) is 1. The molecule has 198 valence electrons. The van der Waals surface area contributed by atoms with Gasteiger partial charge in [-0.1, -0.05) is 93.2 Å². The van der Waals surface area contributed by atoms with Crippen molar-refractivity contribution < 1.29 is 9.53 Å². The summed E-state index contributed by atoms with van der Waals surface area (Å²) in [5.74, 6) is 1.61. The van der Waals surface area contributed by atoms with Gasteiger partial charge in [-0.05, 0) is 53.6 Å². The number of hydrogen-bond acceptors (Lipinski definition) is 5. The lowest BCUT2D eigenvalue weighted by Gasteiger charge is -2.19. The van der Waals surface area contributed by atoms with Gasteiger partial charge in [0.05, 0.1) is 12.4 Å². The van der Waals surface area contributed by atoms with Crippen molar-refractivity contribution in [2.75, 3.05) is 17.7 Å². The van der Waals surface area contributed by atoms with Crippen molar-refractivity contribution in [2.24, 2.45) is 0 Å². The number of thioether (sulfide) groups is 1. The van der Waals surface area contributed by atoms with E-state index in [-0.39, 0.29) is 17.1 Å². The van der Waals surface area contributed by atoms with Crippen molar-refractivity contribution in [3.8, 4) is 22.8 Å². The summed E-state index contributed by atoms with van der Waals surface area (Å²) in [6.07, 6.45) is 0. The van der Waals surface area contributed by atoms with E-state index in [1.54, 1.807) is 0 Å². The highest BCUT2D eigenvalue weighted by Gasteiger charge is 2.19. The third kappa shape index (κ3) is 5.99. The molecular formula is C32H32N4O2S. The molecule has 0 aliphatic carbocycles. The van der Waals surface area contributed by atoms with Crippen LogP contribution in [0.3, 0.4) is 0 Å². The summed E-state index contributed by atoms with van der Waals surface area (Å²) < 4.78 is 7.63. The van der Waals surface area contributed by atoms with E-state index in [0.717, 1.165) is 39.3 Å². The first-order valence-electron chi connectivity index (χ1n) is 13.0. The number of nitrogens with zero attached hydrogens (tertiary/aromatic N) is 3. The first kappa shape index (κ1) is 26.5. The second kappa shape index (κ2) is 11.3. The van der Waals surface area contributed by atoms with Crippen LogP contribution in [-0.4, -0.2) is 33.0 Å². The fraction of sp³-hybridized carbons (Fsp3) is 0.219. The second-order valence-corrected chi connectivity index (χ2v) is 11.2. The molecule has 1 heterocycles. The number of fused-ring (bicyclic) bond motifs is 1. The normalized spacial score (nSPS) is 11.5. The molecule has 0 aliphatic rings. The standard InChI is InChI=1S/C32H32N4O2S/c1-5-38-26-19-17-25(18-20-26)36-30(23-13-15-24(16-14-23)32(2,3)4)34-35-31(36)39-21-29(37)33-28-12-8-10-22-9-6-7-11-27(22)28/h6-20H,5,21H2,1-4H3,(H,33,37). The maximum absolute atomic E-state index is 13.0. The van der Waals surface area contributed by atoms with E-state index in [1.807, 2.05) is 78.2 Å². The van der Waals surface area contributed by atoms with Gasteiger partial charge in [-0.3, -0.25) is 9.36 Å². The smallest absolute Gasteiger partial charge is 0.234 e. The van der Waals surface area contributed by atoms with Crippen LogP contribution >= 0.6 is 11.8 Å². The molecule has 6 nitrogen and oxygen atoms in total. The molecule has 0 bridgehead atoms. The highest BCUT2D eigenvalue weighted by molar-refractivity contribution is 7.99. The zero-order valence-corrected chi connectivity index (χ0v) is 23.5. The maximum atomic E-state index is 13.0. The van der Waals surface area contributed by atoms with E-state index in [2.05, 4.69) is 60.6 Å². The monoisotopic (exact) mass is 536 g/mol. The lowest BCUT2D eigenvalue weighted by atomic mass is 9.87. The Morgan fingerprint density at radius 3 is 2.33 bits per heavy atom. The summed E-state index contributed by atoms with van der Waals surface area (Å²) in [6.45, 7) is 9.16. The number of benzene rings is 4. The largest absolute Gasteiger partial charge is 0.494 e. The molecule has 0 atom stereocenters. The molecule has 0 spiro atoms. The molecule has 0 saturated heterocycles. The number of hydrogen-bond donors (Lipinski definition) is 1. The molecule has 0 aliphatic heterocycles. The SMILES string of the molecule is CCOc1ccc(-n2c(SCC(=O)Nc3cccc4ccccc34)nnc2-c2ccc(C(C)(C)C)cc2)cc1. The van der Waals surface area contributed by atoms with Crippen LogP contribution in [0.2, 0.25) is 0 Å². The van der Waals surface area contributed by atoms with Gasteiger partial charge in [0.1, 0.15) is 5.75 Å². The molecule has 1 N–H and O–H groups in total. The first-order chi connectivity index (χ1) is 18.8. The average Bonchev–Trinajstić information content (AvgIpc) is 3.36. The molecule has 5 aromatic rings. The molecule has 1 aromatic heterocycles. The van der Waals surface area contributed by atoms with E-state index in [0.29, 0.717) is 11.8 Å². The Hall–Kier alpha value is -4.10. The Morgan fingerprint density at radius 2 is 1.62 bits per heavy atom. The van der Waals surface area contributed by atoms with Gasteiger partial charge in [-0.25, -0.2) is 0 Å². The van der Waals surface area contributed by atoms with Gasteiger partial charge < -0.3 is 10.1 Å². The number of ether oxygens (including phenoxy) is 1. The summed E-state index contributed by atoms with van der Waals surface area (Å²) in [5.41, 5.74) is 3.95. The minimum Gasteiger partial charge on any atom is -0.494 e. The summed E-state index contributed by atoms with van der Waals surface area (Å²) in [6, 6.07) is 30.2. The minimum absolute atomic E-state index is 0.0553. The molecule has 0 fully saturated rings. The predicted octanol–water partition coefficient (Wildman–Crippen LogP) is 7.51. The van der Waals surface area contributed by atoms with Gasteiger partial charge in [-0.15, -0.1) is 10.2 Å². The number of carbonyl (C=O) groups excluding carboxylic acids is 1. The molecule has 7 heteroatoms. The Kier molecular flexibility index (Phi) is 7.70. The summed E-state index contributed by atoms with van der Waals surface area (Å²) in [4.78, 5) is 13.0. The third-order valence-corrected chi connectivity index (χ3v) is 7.37. The van der Waals surface area contributed by atoms with Crippen molar-refractivity contribution >= 4 is 34.1 Å². The molecular weight excluding hydrogens is 504 g/mol. The quantitative estimate of drug-likeness (QED) is 0.208. The van der Waals surface area contributed by atoms with Crippen LogP contribution < -0.4 is 10.1 Å². The van der Waals surface area contributed by atoms with Crippen LogP contribution in [0.15, 0.2) is 96.2 Å². The van der Waals surface area contributed by atoms with Crippen molar-refractivity contribution in [1.29, 1.82) is 0 Å². The van der Waals surface area contributed by atoms with E-state index in [4.69, 9.17) is 4.74 Å². The zero-order valence-electron chi connectivity index (χ0n) is 22.6. The summed E-state index contributed by atoms with van der Waals surface area (Å²) in [5, 5.41) is 14.8. The van der Waals surface area contributed by atoms with E-state index in [9.17, 15) is 4.79 Å². The van der Waals surface area contributed by atoms with Gasteiger partial charge in [0.15, 0.2) is 11.0 Å². The van der Waals surface area contributed by atoms with Gasteiger partial charge in [0.25, 0.3) is 0 Å². The van der Waals surface area contributed by atoms with Crippen LogP contribution in [0.25, 0.3) is 27.8 Å². The second-order valence-electron chi connectivity index (χ2n) is 10.3. The lowest BCUT2D eigenvalue weighted by Crippen LogP contribution is -2.15. The van der Waals surface area contributed by atoms with Crippen molar-refractivity contribution in [1.82, 2.24) is 14.8 Å². The fourth-order valence-electron chi connectivity index (χ4n) is 4.41. The van der Waals surface area contributed by atoms with Crippen molar-refractivity contribution in [2.45, 2.75) is 38.3 Å². The van der Waals surface area contributed by atoms with E-state index >= 15 is 0 Å². The van der Waals surface area contributed by atoms with Crippen LogP contribution in [0.5, 0.6) is 5.75 Å². The van der Waals surface area contributed by atoms with E-state index < -0.39 is 0 Å². The van der Waals surface area contributed by atoms with E-state index in [1.165, 1.54) is 17.3 Å². The lowest BCUT2D eigenvalue weighted by molar-refractivity contribution is -0.113. The van der Waals surface area contributed by atoms with Gasteiger partial charge in [0, 0.05) is 22.3 Å². The maximum Gasteiger partial charge on any atom is 0.234 e. The average molecular weight is 537 g/mol. The number of amides is 1. The molecule has 39 heavy (non-hydrogen) atoms. The van der Waals surface area contributed by atoms with Crippen LogP contribution in [-0.2, 0) is 10.2 Å². The van der Waals surface area contributed by atoms with Crippen LogP contribution in [0, 0.1) is 0 Å². The molecule has 0 saturated carbocycles. The molecule has 0 radical (unpaired) electrons. The number of anilines is 1. The van der Waals surface area contributed by atoms with Gasteiger partial charge in [0.2, 0.25) is 5.91 Å². The Balaban J connectivity index is 1.42. The van der Waals surface area contributed by atoms with Crippen molar-refractivity contribution in [3.05, 3.63) is 96.6 Å². The highest BCUT2D eigenvalue weighted by Crippen LogP contribution is 2.31. The number of aromatic nitrogens is 3. The molecule has 4 aromatic carbocycles. The summed E-state index contributed by atoms with van der Waals surface area (Å²) >= 11 is 1.36. The fourth-order valence-corrected chi connectivity index (χ4v) is 5.16. The highest BCUT2D eigenvalue weighted by atomic mass is 32.2. The van der Waals surface area contributed by atoms with Gasteiger partial charge in [-0.2, -0.15) is 0 Å².